The van der Waals surface area contributed by atoms with Gasteiger partial charge in [-0.3, -0.25) is 0 Å². The molecule has 0 aliphatic heterocycles. The summed E-state index contributed by atoms with van der Waals surface area (Å²) in [6.07, 6.45) is 1.69. The SMILES string of the molecule is Cc1[c-]c(C)oc1.[Y]. The van der Waals surface area contributed by atoms with Crippen molar-refractivity contribution in [3.8, 4) is 0 Å². The fourth-order valence-corrected chi connectivity index (χ4v) is 0.513. The molecule has 0 aliphatic rings. The number of rotatable bonds is 0. The van der Waals surface area contributed by atoms with Crippen molar-refractivity contribution in [2.45, 2.75) is 13.8 Å². The van der Waals surface area contributed by atoms with Gasteiger partial charge in [-0.15, -0.1) is 0 Å². The summed E-state index contributed by atoms with van der Waals surface area (Å²) in [4.78, 5) is 0. The van der Waals surface area contributed by atoms with Crippen LogP contribution in [0.15, 0.2) is 10.7 Å². The monoisotopic (exact) mass is 184 g/mol. The maximum atomic E-state index is 4.91. The van der Waals surface area contributed by atoms with Gasteiger partial charge in [0.1, 0.15) is 0 Å². The van der Waals surface area contributed by atoms with Gasteiger partial charge in [0.15, 0.2) is 0 Å². The Kier molecular flexibility index (Phi) is 3.58. The van der Waals surface area contributed by atoms with Crippen LogP contribution in [0.1, 0.15) is 11.3 Å². The van der Waals surface area contributed by atoms with Crippen molar-refractivity contribution >= 4 is 0 Å². The average molecular weight is 184 g/mol. The molecule has 0 fully saturated rings. The van der Waals surface area contributed by atoms with Crippen molar-refractivity contribution in [3.63, 3.8) is 0 Å². The zero-order valence-electron chi connectivity index (χ0n) is 5.06. The number of hydrogen-bond acceptors (Lipinski definition) is 1. The summed E-state index contributed by atoms with van der Waals surface area (Å²) in [5, 5.41) is 0. The number of furan rings is 1. The van der Waals surface area contributed by atoms with Gasteiger partial charge in [0, 0.05) is 32.7 Å². The van der Waals surface area contributed by atoms with Crippen molar-refractivity contribution in [1.29, 1.82) is 0 Å². The molecule has 0 N–H and O–H groups in total. The molecule has 1 radical (unpaired) electrons. The van der Waals surface area contributed by atoms with E-state index in [4.69, 9.17) is 4.42 Å². The Morgan fingerprint density at radius 2 is 2.12 bits per heavy atom. The quantitative estimate of drug-likeness (QED) is 0.559. The molecule has 0 saturated heterocycles. The summed E-state index contributed by atoms with van der Waals surface area (Å²) in [5.74, 6) is 0.859. The maximum Gasteiger partial charge on any atom is 0 e. The third-order valence-electron chi connectivity index (χ3n) is 0.786. The van der Waals surface area contributed by atoms with E-state index < -0.39 is 0 Å². The standard InChI is InChI=1S/C6H7O.Y/c1-5-3-6(2)7-4-5;/h4H,1-2H3;/q-1;. The zero-order chi connectivity index (χ0) is 5.28. The number of hydrogen-bond donors (Lipinski definition) is 0. The van der Waals surface area contributed by atoms with E-state index in [0.29, 0.717) is 0 Å². The molecule has 0 spiro atoms. The maximum absolute atomic E-state index is 4.91. The predicted octanol–water partition coefficient (Wildman–Crippen LogP) is 1.69. The minimum absolute atomic E-state index is 0. The minimum atomic E-state index is 0. The Morgan fingerprint density at radius 3 is 2.25 bits per heavy atom. The van der Waals surface area contributed by atoms with Gasteiger partial charge in [0.2, 0.25) is 0 Å². The second-order valence-electron chi connectivity index (χ2n) is 1.60. The first kappa shape index (κ1) is 8.38. The van der Waals surface area contributed by atoms with Crippen molar-refractivity contribution in [2.75, 3.05) is 0 Å². The molecule has 1 heterocycles. The molecule has 0 aromatic carbocycles. The molecule has 1 nitrogen and oxygen atoms in total. The molecule has 0 atom stereocenters. The van der Waals surface area contributed by atoms with Gasteiger partial charge in [-0.05, 0) is 12.7 Å². The van der Waals surface area contributed by atoms with E-state index in [0.717, 1.165) is 11.3 Å². The van der Waals surface area contributed by atoms with Gasteiger partial charge < -0.3 is 4.42 Å². The third kappa shape index (κ3) is 2.10. The van der Waals surface area contributed by atoms with Crippen LogP contribution in [0, 0.1) is 19.9 Å². The molecule has 0 bridgehead atoms. The average Bonchev–Trinajstić information content (AvgIpc) is 1.87. The molecule has 1 aromatic heterocycles. The van der Waals surface area contributed by atoms with Crippen LogP contribution in [-0.2, 0) is 32.7 Å². The van der Waals surface area contributed by atoms with E-state index in [2.05, 4.69) is 6.07 Å². The van der Waals surface area contributed by atoms with Crippen LogP contribution in [0.3, 0.4) is 0 Å². The van der Waals surface area contributed by atoms with E-state index in [1.54, 1.807) is 6.26 Å². The Bertz CT molecular complexity index is 141. The summed E-state index contributed by atoms with van der Waals surface area (Å²) < 4.78 is 4.91. The second kappa shape index (κ2) is 3.42. The van der Waals surface area contributed by atoms with Gasteiger partial charge in [-0.25, -0.2) is 6.07 Å². The van der Waals surface area contributed by atoms with Crippen LogP contribution in [0.25, 0.3) is 0 Å². The van der Waals surface area contributed by atoms with Crippen LogP contribution in [0.4, 0.5) is 0 Å². The summed E-state index contributed by atoms with van der Waals surface area (Å²) in [7, 11) is 0. The normalized spacial score (nSPS) is 8.25. The topological polar surface area (TPSA) is 13.1 Å². The zero-order valence-corrected chi connectivity index (χ0v) is 7.90. The van der Waals surface area contributed by atoms with Gasteiger partial charge in [-0.1, -0.05) is 13.2 Å². The van der Waals surface area contributed by atoms with Crippen LogP contribution < -0.4 is 0 Å². The molecular formula is C6H7OY-. The molecule has 2 heteroatoms. The molecule has 1 aromatic rings. The smallest absolute Gasteiger partial charge is 0 e. The second-order valence-corrected chi connectivity index (χ2v) is 1.60. The fourth-order valence-electron chi connectivity index (χ4n) is 0.513. The Hall–Kier alpha value is 0.384. The van der Waals surface area contributed by atoms with Crippen LogP contribution in [0.5, 0.6) is 0 Å². The number of aryl methyl sites for hydroxylation is 2. The van der Waals surface area contributed by atoms with Crippen molar-refractivity contribution in [1.82, 2.24) is 0 Å². The molecule has 0 unspecified atom stereocenters. The first-order valence-corrected chi connectivity index (χ1v) is 2.23. The predicted molar refractivity (Wildman–Crippen MR) is 27.0 cm³/mol. The summed E-state index contributed by atoms with van der Waals surface area (Å²) >= 11 is 0. The van der Waals surface area contributed by atoms with Gasteiger partial charge >= 0.3 is 0 Å². The Morgan fingerprint density at radius 1 is 1.50 bits per heavy atom. The summed E-state index contributed by atoms with van der Waals surface area (Å²) in [5.41, 5.74) is 1.07. The molecule has 41 valence electrons. The molecule has 8 heavy (non-hydrogen) atoms. The Balaban J connectivity index is 0.000000490. The van der Waals surface area contributed by atoms with Crippen LogP contribution >= 0.6 is 0 Å². The van der Waals surface area contributed by atoms with Crippen molar-refractivity contribution in [3.05, 3.63) is 23.7 Å². The van der Waals surface area contributed by atoms with E-state index in [1.165, 1.54) is 0 Å². The third-order valence-corrected chi connectivity index (χ3v) is 0.786. The summed E-state index contributed by atoms with van der Waals surface area (Å²) in [6, 6.07) is 2.97. The Labute approximate surface area is 74.3 Å². The molecule has 0 saturated carbocycles. The molecule has 0 aliphatic carbocycles. The van der Waals surface area contributed by atoms with E-state index in [9.17, 15) is 0 Å². The summed E-state index contributed by atoms with van der Waals surface area (Å²) in [6.45, 7) is 3.84. The molecular weight excluding hydrogens is 177 g/mol. The minimum Gasteiger partial charge on any atom is -0.573 e. The largest absolute Gasteiger partial charge is 0.573 e. The van der Waals surface area contributed by atoms with Crippen molar-refractivity contribution < 1.29 is 37.1 Å². The molecule has 1 rings (SSSR count). The van der Waals surface area contributed by atoms with E-state index in [1.807, 2.05) is 13.8 Å². The van der Waals surface area contributed by atoms with Gasteiger partial charge in [-0.2, -0.15) is 5.56 Å². The van der Waals surface area contributed by atoms with Crippen LogP contribution in [0.2, 0.25) is 0 Å². The first-order chi connectivity index (χ1) is 3.29. The van der Waals surface area contributed by atoms with Crippen molar-refractivity contribution in [2.24, 2.45) is 0 Å². The first-order valence-electron chi connectivity index (χ1n) is 2.23. The van der Waals surface area contributed by atoms with E-state index >= 15 is 0 Å². The van der Waals surface area contributed by atoms with Gasteiger partial charge in [0.05, 0.1) is 0 Å². The van der Waals surface area contributed by atoms with Crippen LogP contribution in [-0.4, -0.2) is 0 Å². The van der Waals surface area contributed by atoms with Gasteiger partial charge in [0.25, 0.3) is 0 Å². The fraction of sp³-hybridized carbons (Fsp3) is 0.333. The molecule has 0 amide bonds. The van der Waals surface area contributed by atoms with E-state index in [-0.39, 0.29) is 32.7 Å².